The maximum Gasteiger partial charge on any atom is 0.408 e. The van der Waals surface area contributed by atoms with Gasteiger partial charge >= 0.3 is 16.3 Å². The molecule has 13 heteroatoms. The normalized spacial score (nSPS) is 31.2. The molecule has 3 rings (SSSR count). The molecule has 0 spiro atoms. The van der Waals surface area contributed by atoms with Crippen LogP contribution in [0, 0.1) is 11.8 Å². The third-order valence-corrected chi connectivity index (χ3v) is 8.69. The number of ether oxygens (including phenoxy) is 1. The van der Waals surface area contributed by atoms with Gasteiger partial charge in [0, 0.05) is 26.6 Å². The molecule has 0 radical (unpaired) electrons. The molecule has 2 heterocycles. The van der Waals surface area contributed by atoms with Crippen molar-refractivity contribution in [3.05, 3.63) is 12.2 Å². The summed E-state index contributed by atoms with van der Waals surface area (Å²) in [6.45, 7) is 7.46. The number of fused-ring (bicyclic) bond motifs is 2. The first-order chi connectivity index (χ1) is 18.1. The van der Waals surface area contributed by atoms with Crippen molar-refractivity contribution in [2.24, 2.45) is 11.8 Å². The summed E-state index contributed by atoms with van der Waals surface area (Å²) >= 11 is 0. The Bertz CT molecular complexity index is 1100. The molecule has 5 atom stereocenters. The van der Waals surface area contributed by atoms with Gasteiger partial charge in [-0.05, 0) is 58.8 Å². The van der Waals surface area contributed by atoms with Crippen molar-refractivity contribution < 1.29 is 32.3 Å². The molecule has 3 N–H and O–H groups in total. The van der Waals surface area contributed by atoms with Gasteiger partial charge in [-0.25, -0.2) is 9.52 Å². The molecule has 1 aliphatic carbocycles. The lowest BCUT2D eigenvalue weighted by atomic mass is 10.0. The smallest absolute Gasteiger partial charge is 0.408 e. The molecule has 4 amide bonds. The third-order valence-electron chi connectivity index (χ3n) is 7.29. The Labute approximate surface area is 231 Å². The van der Waals surface area contributed by atoms with Crippen molar-refractivity contribution in [1.29, 1.82) is 0 Å². The minimum Gasteiger partial charge on any atom is -0.444 e. The highest BCUT2D eigenvalue weighted by molar-refractivity contribution is 7.87. The Hall–Kier alpha value is -2.67. The number of hydrogen-bond donors (Lipinski definition) is 3. The van der Waals surface area contributed by atoms with Crippen molar-refractivity contribution >= 4 is 34.0 Å². The second-order valence-corrected chi connectivity index (χ2v) is 14.0. The van der Waals surface area contributed by atoms with E-state index >= 15 is 0 Å². The predicted molar refractivity (Wildman–Crippen MR) is 144 cm³/mol. The Morgan fingerprint density at radius 2 is 1.87 bits per heavy atom. The summed E-state index contributed by atoms with van der Waals surface area (Å²) in [5, 5.41) is 5.51. The van der Waals surface area contributed by atoms with E-state index in [1.165, 1.54) is 19.0 Å². The second kappa shape index (κ2) is 11.8. The number of amides is 4. The van der Waals surface area contributed by atoms with Gasteiger partial charge < -0.3 is 20.3 Å². The van der Waals surface area contributed by atoms with Crippen molar-refractivity contribution in [3.8, 4) is 0 Å². The molecule has 2 fully saturated rings. The van der Waals surface area contributed by atoms with E-state index in [2.05, 4.69) is 15.4 Å². The fraction of sp³-hybridized carbons (Fsp3) is 0.769. The fourth-order valence-electron chi connectivity index (χ4n) is 5.08. The lowest BCUT2D eigenvalue weighted by molar-refractivity contribution is -0.141. The van der Waals surface area contributed by atoms with Gasteiger partial charge in [-0.15, -0.1) is 0 Å². The van der Waals surface area contributed by atoms with E-state index in [4.69, 9.17) is 4.74 Å². The highest BCUT2D eigenvalue weighted by atomic mass is 32.2. The van der Waals surface area contributed by atoms with Gasteiger partial charge in [0.1, 0.15) is 23.2 Å². The number of nitrogens with one attached hydrogen (secondary N) is 3. The van der Waals surface area contributed by atoms with Crippen LogP contribution in [0.2, 0.25) is 0 Å². The van der Waals surface area contributed by atoms with Gasteiger partial charge in [0.2, 0.25) is 11.8 Å². The molecule has 39 heavy (non-hydrogen) atoms. The van der Waals surface area contributed by atoms with E-state index in [0.29, 0.717) is 25.8 Å². The molecule has 1 saturated heterocycles. The second-order valence-electron chi connectivity index (χ2n) is 12.1. The van der Waals surface area contributed by atoms with Crippen molar-refractivity contribution in [1.82, 2.24) is 24.6 Å². The summed E-state index contributed by atoms with van der Waals surface area (Å²) in [6, 6.07) is -1.72. The van der Waals surface area contributed by atoms with Crippen LogP contribution >= 0.6 is 0 Å². The minimum absolute atomic E-state index is 0.0135. The number of alkyl carbamates (subject to hydrolysis) is 1. The lowest BCUT2D eigenvalue weighted by Crippen LogP contribution is -2.58. The molecule has 12 nitrogen and oxygen atoms in total. The van der Waals surface area contributed by atoms with Gasteiger partial charge in [-0.3, -0.25) is 14.4 Å². The Morgan fingerprint density at radius 1 is 1.18 bits per heavy atom. The first kappa shape index (κ1) is 30.9. The summed E-state index contributed by atoms with van der Waals surface area (Å²) in [6.07, 6.45) is 7.20. The average Bonchev–Trinajstić information content (AvgIpc) is 3.35. The predicted octanol–water partition coefficient (Wildman–Crippen LogP) is 1.43. The standard InChI is InChI=1S/C26H43N5O7S/c1-17-14-20-21(32)28-26(23(34)29-39(36,37)30(5)6)15-18(26)12-10-8-7-9-11-13-19(22(33)31(20)16-17)27-24(35)38-25(2,3)4/h10,12,17-20H,7-9,11,13-16H2,1-6H3,(H,27,35)(H,28,32)(H,29,34)/b12-10-/t17-,18-,19+,20+,26-/m1/s1. The molecule has 2 aliphatic heterocycles. The highest BCUT2D eigenvalue weighted by Crippen LogP contribution is 2.45. The van der Waals surface area contributed by atoms with Gasteiger partial charge in [0.15, 0.2) is 0 Å². The molecule has 0 aromatic rings. The van der Waals surface area contributed by atoms with E-state index in [9.17, 15) is 27.6 Å². The minimum atomic E-state index is -4.07. The van der Waals surface area contributed by atoms with Crippen molar-refractivity contribution in [3.63, 3.8) is 0 Å². The zero-order valence-electron chi connectivity index (χ0n) is 23.8. The summed E-state index contributed by atoms with van der Waals surface area (Å²) < 4.78 is 33.1. The SMILES string of the molecule is C[C@@H]1C[C@H]2C(=O)N[C@]3(C(=O)NS(=O)(=O)N(C)C)C[C@H]3/C=C\CCCCC[C@H](NC(=O)OC(C)(C)C)C(=O)N2C1. The van der Waals surface area contributed by atoms with Gasteiger partial charge in [0.05, 0.1) is 0 Å². The average molecular weight is 570 g/mol. The number of carbonyl (C=O) groups is 4. The number of carbonyl (C=O) groups excluding carboxylic acids is 4. The number of nitrogens with zero attached hydrogens (tertiary/aromatic N) is 2. The maximum absolute atomic E-state index is 13.7. The first-order valence-electron chi connectivity index (χ1n) is 13.6. The third kappa shape index (κ3) is 7.71. The monoisotopic (exact) mass is 569 g/mol. The zero-order valence-corrected chi connectivity index (χ0v) is 24.6. The van der Waals surface area contributed by atoms with Crippen LogP contribution in [0.1, 0.15) is 72.6 Å². The quantitative estimate of drug-likeness (QED) is 0.433. The van der Waals surface area contributed by atoms with Crippen molar-refractivity contribution in [2.75, 3.05) is 20.6 Å². The molecule has 1 saturated carbocycles. The molecule has 0 aromatic heterocycles. The van der Waals surface area contributed by atoms with Crippen LogP contribution in [0.25, 0.3) is 0 Å². The topological polar surface area (TPSA) is 154 Å². The first-order valence-corrected chi connectivity index (χ1v) is 15.0. The Balaban J connectivity index is 1.88. The molecule has 220 valence electrons. The van der Waals surface area contributed by atoms with Crippen LogP contribution in [-0.4, -0.2) is 85.3 Å². The largest absolute Gasteiger partial charge is 0.444 e. The van der Waals surface area contributed by atoms with E-state index < -0.39 is 51.3 Å². The molecular formula is C26H43N5O7S. The molecule has 0 unspecified atom stereocenters. The zero-order chi connectivity index (χ0) is 29.2. The van der Waals surface area contributed by atoms with E-state index in [-0.39, 0.29) is 24.2 Å². The molecular weight excluding hydrogens is 526 g/mol. The summed E-state index contributed by atoms with van der Waals surface area (Å²) in [7, 11) is -1.46. The van der Waals surface area contributed by atoms with Gasteiger partial charge in [-0.1, -0.05) is 31.9 Å². The van der Waals surface area contributed by atoms with E-state index in [1.807, 2.05) is 19.1 Å². The van der Waals surface area contributed by atoms with Crippen LogP contribution in [0.4, 0.5) is 4.79 Å². The summed E-state index contributed by atoms with van der Waals surface area (Å²) in [4.78, 5) is 54.6. The Kier molecular flexibility index (Phi) is 9.36. The van der Waals surface area contributed by atoms with Crippen LogP contribution < -0.4 is 15.4 Å². The summed E-state index contributed by atoms with van der Waals surface area (Å²) in [5.41, 5.74) is -2.16. The van der Waals surface area contributed by atoms with Gasteiger partial charge in [-0.2, -0.15) is 12.7 Å². The van der Waals surface area contributed by atoms with E-state index in [1.54, 1.807) is 20.8 Å². The van der Waals surface area contributed by atoms with Gasteiger partial charge in [0.25, 0.3) is 5.91 Å². The molecule has 3 aliphatic rings. The fourth-order valence-corrected chi connectivity index (χ4v) is 5.68. The van der Waals surface area contributed by atoms with E-state index in [0.717, 1.165) is 23.6 Å². The molecule has 0 aromatic carbocycles. The van der Waals surface area contributed by atoms with Crippen LogP contribution in [-0.2, 0) is 29.3 Å². The number of allylic oxidation sites excluding steroid dienone is 1. The molecule has 0 bridgehead atoms. The number of hydrogen-bond acceptors (Lipinski definition) is 7. The van der Waals surface area contributed by atoms with Crippen LogP contribution in [0.5, 0.6) is 0 Å². The van der Waals surface area contributed by atoms with Crippen molar-refractivity contribution in [2.45, 2.75) is 95.9 Å². The van der Waals surface area contributed by atoms with Crippen LogP contribution in [0.15, 0.2) is 12.2 Å². The highest BCUT2D eigenvalue weighted by Gasteiger charge is 2.61. The van der Waals surface area contributed by atoms with Crippen LogP contribution in [0.3, 0.4) is 0 Å². The maximum atomic E-state index is 13.7. The lowest BCUT2D eigenvalue weighted by Gasteiger charge is -2.30. The Morgan fingerprint density at radius 3 is 2.51 bits per heavy atom. The number of rotatable bonds is 4. The summed E-state index contributed by atoms with van der Waals surface area (Å²) in [5.74, 6) is -2.06.